The van der Waals surface area contributed by atoms with Crippen LogP contribution in [0.25, 0.3) is 0 Å². The van der Waals surface area contributed by atoms with Gasteiger partial charge in [0.2, 0.25) is 0 Å². The standard InChI is InChI=1S/C20H26N2O2S/c1(4-17-7-15-25-16-17)2-8-21-9-11-22(12-10-21)18-5-3-6-19-20(18)24-14-13-23-19/h3,5-7,15-16H,1-2,4,8-14H2. The van der Waals surface area contributed by atoms with Crippen molar-refractivity contribution in [1.29, 1.82) is 0 Å². The summed E-state index contributed by atoms with van der Waals surface area (Å²) >= 11 is 1.80. The Morgan fingerprint density at radius 3 is 2.68 bits per heavy atom. The van der Waals surface area contributed by atoms with E-state index in [1.165, 1.54) is 37.1 Å². The number of para-hydroxylation sites is 1. The molecule has 0 spiro atoms. The molecule has 1 fully saturated rings. The van der Waals surface area contributed by atoms with E-state index in [-0.39, 0.29) is 0 Å². The maximum Gasteiger partial charge on any atom is 0.184 e. The first-order chi connectivity index (χ1) is 12.4. The second-order valence-corrected chi connectivity index (χ2v) is 7.50. The van der Waals surface area contributed by atoms with Gasteiger partial charge in [0.1, 0.15) is 13.2 Å². The Morgan fingerprint density at radius 2 is 1.84 bits per heavy atom. The highest BCUT2D eigenvalue weighted by Gasteiger charge is 2.23. The molecule has 3 heterocycles. The van der Waals surface area contributed by atoms with Crippen LogP contribution < -0.4 is 14.4 Å². The number of fused-ring (bicyclic) bond motifs is 1. The second-order valence-electron chi connectivity index (χ2n) is 6.72. The zero-order valence-electron chi connectivity index (χ0n) is 14.7. The summed E-state index contributed by atoms with van der Waals surface area (Å²) in [5.41, 5.74) is 2.68. The van der Waals surface area contributed by atoms with Gasteiger partial charge in [-0.15, -0.1) is 0 Å². The van der Waals surface area contributed by atoms with Crippen molar-refractivity contribution in [3.05, 3.63) is 40.6 Å². The Labute approximate surface area is 154 Å². The minimum Gasteiger partial charge on any atom is -0.486 e. The summed E-state index contributed by atoms with van der Waals surface area (Å²) < 4.78 is 11.6. The van der Waals surface area contributed by atoms with Crippen LogP contribution in [0.5, 0.6) is 11.5 Å². The average Bonchev–Trinajstić information content (AvgIpc) is 3.19. The number of nitrogens with zero attached hydrogens (tertiary/aromatic N) is 2. The van der Waals surface area contributed by atoms with Gasteiger partial charge in [0.05, 0.1) is 5.69 Å². The van der Waals surface area contributed by atoms with Crippen LogP contribution in [-0.4, -0.2) is 50.8 Å². The highest BCUT2D eigenvalue weighted by Crippen LogP contribution is 2.39. The van der Waals surface area contributed by atoms with Gasteiger partial charge in [-0.25, -0.2) is 0 Å². The van der Waals surface area contributed by atoms with Gasteiger partial charge in [-0.1, -0.05) is 6.07 Å². The van der Waals surface area contributed by atoms with Gasteiger partial charge < -0.3 is 14.4 Å². The summed E-state index contributed by atoms with van der Waals surface area (Å²) in [6.07, 6.45) is 3.79. The zero-order chi connectivity index (χ0) is 16.9. The number of anilines is 1. The number of hydrogen-bond acceptors (Lipinski definition) is 5. The third-order valence-electron chi connectivity index (χ3n) is 5.03. The second kappa shape index (κ2) is 8.11. The molecule has 1 saturated heterocycles. The van der Waals surface area contributed by atoms with Crippen molar-refractivity contribution in [3.8, 4) is 11.5 Å². The summed E-state index contributed by atoms with van der Waals surface area (Å²) in [5, 5.41) is 4.44. The quantitative estimate of drug-likeness (QED) is 0.736. The molecule has 25 heavy (non-hydrogen) atoms. The topological polar surface area (TPSA) is 24.9 Å². The molecule has 4 rings (SSSR count). The van der Waals surface area contributed by atoms with Crippen molar-refractivity contribution in [1.82, 2.24) is 4.90 Å². The lowest BCUT2D eigenvalue weighted by molar-refractivity contribution is 0.171. The van der Waals surface area contributed by atoms with E-state index in [0.717, 1.165) is 37.7 Å². The summed E-state index contributed by atoms with van der Waals surface area (Å²) in [7, 11) is 0. The number of piperazine rings is 1. The lowest BCUT2D eigenvalue weighted by Crippen LogP contribution is -2.46. The number of aryl methyl sites for hydroxylation is 1. The smallest absolute Gasteiger partial charge is 0.184 e. The highest BCUT2D eigenvalue weighted by molar-refractivity contribution is 7.07. The van der Waals surface area contributed by atoms with Crippen molar-refractivity contribution in [2.45, 2.75) is 19.3 Å². The normalized spacial score (nSPS) is 17.7. The number of benzene rings is 1. The fraction of sp³-hybridized carbons (Fsp3) is 0.500. The third kappa shape index (κ3) is 4.10. The van der Waals surface area contributed by atoms with E-state index < -0.39 is 0 Å². The molecule has 0 N–H and O–H groups in total. The van der Waals surface area contributed by atoms with Gasteiger partial charge in [0.15, 0.2) is 11.5 Å². The molecule has 0 atom stereocenters. The van der Waals surface area contributed by atoms with Crippen LogP contribution in [0.15, 0.2) is 35.0 Å². The fourth-order valence-corrected chi connectivity index (χ4v) is 4.32. The number of hydrogen-bond donors (Lipinski definition) is 0. The number of thiophene rings is 1. The first kappa shape index (κ1) is 16.7. The third-order valence-corrected chi connectivity index (χ3v) is 5.76. The van der Waals surface area contributed by atoms with Crippen molar-refractivity contribution in [3.63, 3.8) is 0 Å². The van der Waals surface area contributed by atoms with Crippen molar-refractivity contribution in [2.75, 3.05) is 50.8 Å². The van der Waals surface area contributed by atoms with Gasteiger partial charge in [-0.05, 0) is 60.3 Å². The van der Waals surface area contributed by atoms with E-state index in [2.05, 4.69) is 38.8 Å². The van der Waals surface area contributed by atoms with Crippen LogP contribution in [0.4, 0.5) is 5.69 Å². The monoisotopic (exact) mass is 358 g/mol. The van der Waals surface area contributed by atoms with E-state index in [4.69, 9.17) is 9.47 Å². The Bertz CT molecular complexity index is 666. The molecule has 4 nitrogen and oxygen atoms in total. The molecule has 134 valence electrons. The SMILES string of the molecule is c1cc2c(c(N3CCN(CCCCc4ccsc4)CC3)c1)OCCO2. The highest BCUT2D eigenvalue weighted by atomic mass is 32.1. The predicted molar refractivity (Wildman–Crippen MR) is 103 cm³/mol. The van der Waals surface area contributed by atoms with Crippen LogP contribution in [0, 0.1) is 0 Å². The van der Waals surface area contributed by atoms with Gasteiger partial charge in [0, 0.05) is 26.2 Å². The summed E-state index contributed by atoms with van der Waals surface area (Å²) in [5.74, 6) is 1.82. The predicted octanol–water partition coefficient (Wildman–Crippen LogP) is 3.66. The van der Waals surface area contributed by atoms with Crippen LogP contribution >= 0.6 is 11.3 Å². The lowest BCUT2D eigenvalue weighted by Gasteiger charge is -2.37. The van der Waals surface area contributed by atoms with E-state index >= 15 is 0 Å². The Balaban J connectivity index is 1.24. The molecule has 1 aromatic heterocycles. The fourth-order valence-electron chi connectivity index (χ4n) is 3.62. The number of rotatable bonds is 6. The first-order valence-electron chi connectivity index (χ1n) is 9.27. The molecule has 2 aromatic rings. The maximum atomic E-state index is 5.87. The molecule has 0 saturated carbocycles. The molecule has 5 heteroatoms. The molecule has 0 radical (unpaired) electrons. The molecule has 2 aliphatic rings. The van der Waals surface area contributed by atoms with Crippen molar-refractivity contribution in [2.24, 2.45) is 0 Å². The van der Waals surface area contributed by atoms with Gasteiger partial charge >= 0.3 is 0 Å². The summed E-state index contributed by atoms with van der Waals surface area (Å²) in [6, 6.07) is 8.47. The largest absolute Gasteiger partial charge is 0.486 e. The molecule has 2 aliphatic heterocycles. The van der Waals surface area contributed by atoms with E-state index in [0.29, 0.717) is 13.2 Å². The molecule has 1 aromatic carbocycles. The molecule has 0 unspecified atom stereocenters. The van der Waals surface area contributed by atoms with Crippen molar-refractivity contribution < 1.29 is 9.47 Å². The minimum atomic E-state index is 0.647. The Kier molecular flexibility index (Phi) is 5.43. The minimum absolute atomic E-state index is 0.647. The molecular weight excluding hydrogens is 332 g/mol. The van der Waals surface area contributed by atoms with E-state index in [9.17, 15) is 0 Å². The van der Waals surface area contributed by atoms with Crippen molar-refractivity contribution >= 4 is 17.0 Å². The van der Waals surface area contributed by atoms with Gasteiger partial charge in [-0.2, -0.15) is 11.3 Å². The van der Waals surface area contributed by atoms with E-state index in [1.807, 2.05) is 6.07 Å². The molecule has 0 amide bonds. The van der Waals surface area contributed by atoms with Crippen LogP contribution in [-0.2, 0) is 6.42 Å². The molecule has 0 aliphatic carbocycles. The summed E-state index contributed by atoms with van der Waals surface area (Å²) in [4.78, 5) is 5.03. The number of unbranched alkanes of at least 4 members (excludes halogenated alkanes) is 1. The van der Waals surface area contributed by atoms with Crippen LogP contribution in [0.3, 0.4) is 0 Å². The Hall–Kier alpha value is -1.72. The van der Waals surface area contributed by atoms with E-state index in [1.54, 1.807) is 11.3 Å². The molecular formula is C20H26N2O2S. The average molecular weight is 359 g/mol. The van der Waals surface area contributed by atoms with Gasteiger partial charge in [-0.3, -0.25) is 4.90 Å². The lowest BCUT2D eigenvalue weighted by atomic mass is 10.1. The van der Waals surface area contributed by atoms with Crippen LogP contribution in [0.1, 0.15) is 18.4 Å². The molecule has 0 bridgehead atoms. The maximum absolute atomic E-state index is 5.87. The van der Waals surface area contributed by atoms with Crippen LogP contribution in [0.2, 0.25) is 0 Å². The van der Waals surface area contributed by atoms with Gasteiger partial charge in [0.25, 0.3) is 0 Å². The number of ether oxygens (including phenoxy) is 2. The summed E-state index contributed by atoms with van der Waals surface area (Å²) in [6.45, 7) is 6.88. The first-order valence-corrected chi connectivity index (χ1v) is 10.2. The zero-order valence-corrected chi connectivity index (χ0v) is 15.5. The Morgan fingerprint density at radius 1 is 0.960 bits per heavy atom.